The molecule has 3 rings (SSSR count). The van der Waals surface area contributed by atoms with Gasteiger partial charge in [-0.05, 0) is 24.5 Å². The number of ketones is 1. The quantitative estimate of drug-likeness (QED) is 0.855. The minimum Gasteiger partial charge on any atom is -0.462 e. The molecule has 0 radical (unpaired) electrons. The van der Waals surface area contributed by atoms with Gasteiger partial charge < -0.3 is 15.2 Å². The summed E-state index contributed by atoms with van der Waals surface area (Å²) in [6.07, 6.45) is 4.32. The third-order valence-electron chi connectivity index (χ3n) is 4.26. The van der Waals surface area contributed by atoms with Crippen molar-refractivity contribution in [2.24, 2.45) is 11.7 Å². The van der Waals surface area contributed by atoms with Crippen LogP contribution in [0.25, 0.3) is 0 Å². The predicted molar refractivity (Wildman–Crippen MR) is 86.3 cm³/mol. The topological polar surface area (TPSA) is 91.5 Å². The monoisotopic (exact) mass is 328 g/mol. The molecule has 0 spiro atoms. The Hall–Kier alpha value is -2.63. The van der Waals surface area contributed by atoms with Gasteiger partial charge in [0.1, 0.15) is 11.3 Å². The number of aromatic nitrogens is 1. The van der Waals surface area contributed by atoms with E-state index < -0.39 is 11.9 Å². The zero-order valence-corrected chi connectivity index (χ0v) is 13.7. The number of hydrogen-bond acceptors (Lipinski definition) is 6. The number of carbonyl (C=O) groups excluding carboxylic acids is 2. The Labute approximate surface area is 140 Å². The van der Waals surface area contributed by atoms with Gasteiger partial charge in [-0.3, -0.25) is 9.78 Å². The highest BCUT2D eigenvalue weighted by Gasteiger charge is 2.42. The van der Waals surface area contributed by atoms with Crippen LogP contribution in [0, 0.1) is 5.92 Å². The molecule has 2 N–H and O–H groups in total. The lowest BCUT2D eigenvalue weighted by molar-refractivity contribution is -0.139. The van der Waals surface area contributed by atoms with Gasteiger partial charge in [-0.2, -0.15) is 0 Å². The lowest BCUT2D eigenvalue weighted by atomic mass is 9.75. The first-order valence-electron chi connectivity index (χ1n) is 8.03. The summed E-state index contributed by atoms with van der Waals surface area (Å²) in [5.41, 5.74) is 7.42. The van der Waals surface area contributed by atoms with Gasteiger partial charge in [-0.1, -0.05) is 13.0 Å². The van der Waals surface area contributed by atoms with Crippen molar-refractivity contribution in [3.63, 3.8) is 0 Å². The zero-order chi connectivity index (χ0) is 17.3. The maximum absolute atomic E-state index is 12.7. The lowest BCUT2D eigenvalue weighted by Crippen LogP contribution is -2.33. The Morgan fingerprint density at radius 2 is 2.25 bits per heavy atom. The van der Waals surface area contributed by atoms with E-state index in [9.17, 15) is 9.59 Å². The van der Waals surface area contributed by atoms with Crippen molar-refractivity contribution in [2.45, 2.75) is 32.6 Å². The van der Waals surface area contributed by atoms with Crippen molar-refractivity contribution in [3.8, 4) is 0 Å². The Bertz CT molecular complexity index is 737. The summed E-state index contributed by atoms with van der Waals surface area (Å²) in [5.74, 6) is -0.445. The molecule has 126 valence electrons. The molecule has 24 heavy (non-hydrogen) atoms. The molecule has 0 aromatic carbocycles. The van der Waals surface area contributed by atoms with Crippen LogP contribution in [0.3, 0.4) is 0 Å². The van der Waals surface area contributed by atoms with Gasteiger partial charge in [0.15, 0.2) is 5.78 Å². The van der Waals surface area contributed by atoms with E-state index in [0.717, 1.165) is 5.56 Å². The fraction of sp³-hybridized carbons (Fsp3) is 0.389. The highest BCUT2D eigenvalue weighted by molar-refractivity contribution is 6.03. The van der Waals surface area contributed by atoms with E-state index in [2.05, 4.69) is 4.98 Å². The number of allylic oxidation sites excluding steroid dienone is 2. The van der Waals surface area contributed by atoms with Crippen LogP contribution >= 0.6 is 0 Å². The summed E-state index contributed by atoms with van der Waals surface area (Å²) in [6, 6.07) is 3.59. The third kappa shape index (κ3) is 2.79. The molecule has 0 bridgehead atoms. The maximum atomic E-state index is 12.7. The summed E-state index contributed by atoms with van der Waals surface area (Å²) in [5, 5.41) is 0. The molecule has 0 amide bonds. The van der Waals surface area contributed by atoms with Crippen LogP contribution < -0.4 is 5.73 Å². The predicted octanol–water partition coefficient (Wildman–Crippen LogP) is 2.18. The Balaban J connectivity index is 2.15. The third-order valence-corrected chi connectivity index (χ3v) is 4.26. The van der Waals surface area contributed by atoms with Crippen molar-refractivity contribution in [3.05, 3.63) is 52.9 Å². The van der Waals surface area contributed by atoms with E-state index in [-0.39, 0.29) is 29.8 Å². The van der Waals surface area contributed by atoms with E-state index in [4.69, 9.17) is 15.2 Å². The number of carbonyl (C=O) groups is 2. The smallest absolute Gasteiger partial charge is 0.340 e. The molecule has 2 atom stereocenters. The van der Waals surface area contributed by atoms with Gasteiger partial charge in [-0.15, -0.1) is 0 Å². The van der Waals surface area contributed by atoms with Crippen molar-refractivity contribution in [1.29, 1.82) is 0 Å². The molecule has 6 heteroatoms. The second-order valence-electron chi connectivity index (χ2n) is 6.09. The molecule has 6 nitrogen and oxygen atoms in total. The lowest BCUT2D eigenvalue weighted by Gasteiger charge is -2.33. The molecule has 1 aliphatic heterocycles. The minimum absolute atomic E-state index is 0.00273. The Morgan fingerprint density at radius 3 is 2.92 bits per heavy atom. The summed E-state index contributed by atoms with van der Waals surface area (Å²) >= 11 is 0. The summed E-state index contributed by atoms with van der Waals surface area (Å²) in [7, 11) is 0. The fourth-order valence-corrected chi connectivity index (χ4v) is 3.28. The molecular formula is C18H20N2O4. The van der Waals surface area contributed by atoms with E-state index in [1.807, 2.05) is 13.0 Å². The van der Waals surface area contributed by atoms with E-state index in [0.29, 0.717) is 24.2 Å². The Morgan fingerprint density at radius 1 is 1.46 bits per heavy atom. The van der Waals surface area contributed by atoms with Crippen molar-refractivity contribution in [1.82, 2.24) is 4.98 Å². The summed E-state index contributed by atoms with van der Waals surface area (Å²) < 4.78 is 10.8. The van der Waals surface area contributed by atoms with Crippen LogP contribution in [0.2, 0.25) is 0 Å². The number of hydrogen-bond donors (Lipinski definition) is 1. The van der Waals surface area contributed by atoms with Crippen LogP contribution in [0.5, 0.6) is 0 Å². The first kappa shape index (κ1) is 16.2. The molecular weight excluding hydrogens is 308 g/mol. The van der Waals surface area contributed by atoms with Crippen LogP contribution in [-0.4, -0.2) is 23.3 Å². The van der Waals surface area contributed by atoms with Gasteiger partial charge in [0.05, 0.1) is 12.5 Å². The van der Waals surface area contributed by atoms with E-state index >= 15 is 0 Å². The van der Waals surface area contributed by atoms with Gasteiger partial charge >= 0.3 is 5.97 Å². The number of pyridine rings is 1. The van der Waals surface area contributed by atoms with Crippen LogP contribution in [0.4, 0.5) is 0 Å². The van der Waals surface area contributed by atoms with Crippen LogP contribution in [0.1, 0.15) is 38.2 Å². The zero-order valence-electron chi connectivity index (χ0n) is 13.7. The highest BCUT2D eigenvalue weighted by atomic mass is 16.5. The molecule has 0 saturated heterocycles. The van der Waals surface area contributed by atoms with E-state index in [1.165, 1.54) is 0 Å². The number of Topliss-reactive ketones (excluding diaryl/α,β-unsaturated/α-hetero) is 1. The van der Waals surface area contributed by atoms with E-state index in [1.54, 1.807) is 25.4 Å². The minimum atomic E-state index is -0.596. The molecule has 1 aromatic rings. The van der Waals surface area contributed by atoms with Gasteiger partial charge in [0.2, 0.25) is 5.88 Å². The Kier molecular flexibility index (Phi) is 4.38. The number of nitrogens with two attached hydrogens (primary N) is 1. The average Bonchev–Trinajstić information content (AvgIpc) is 2.54. The van der Waals surface area contributed by atoms with Gasteiger partial charge in [0.25, 0.3) is 0 Å². The largest absolute Gasteiger partial charge is 0.462 e. The first-order valence-corrected chi connectivity index (χ1v) is 8.03. The molecule has 2 aliphatic rings. The number of nitrogens with zero attached hydrogens (tertiary/aromatic N) is 1. The highest BCUT2D eigenvalue weighted by Crippen LogP contribution is 2.44. The standard InChI is InChI=1S/C18H20N2O4/c1-3-23-18(22)16-14(11-5-4-6-20-9-11)15-12(21)7-10(2)8-13(15)24-17(16)19/h4-6,9-10,14H,3,7-8,19H2,1-2H3/t10-,14+/m0/s1. The van der Waals surface area contributed by atoms with Crippen molar-refractivity contribution >= 4 is 11.8 Å². The second-order valence-corrected chi connectivity index (χ2v) is 6.09. The second kappa shape index (κ2) is 6.47. The number of rotatable bonds is 3. The average molecular weight is 328 g/mol. The molecule has 0 unspecified atom stereocenters. The van der Waals surface area contributed by atoms with Crippen molar-refractivity contribution in [2.75, 3.05) is 6.61 Å². The molecule has 1 aliphatic carbocycles. The summed E-state index contributed by atoms with van der Waals surface area (Å²) in [6.45, 7) is 3.92. The fourth-order valence-electron chi connectivity index (χ4n) is 3.28. The summed E-state index contributed by atoms with van der Waals surface area (Å²) in [4.78, 5) is 29.2. The van der Waals surface area contributed by atoms with Gasteiger partial charge in [0, 0.05) is 30.8 Å². The first-order chi connectivity index (χ1) is 11.5. The molecule has 2 heterocycles. The van der Waals surface area contributed by atoms with Crippen LogP contribution in [-0.2, 0) is 19.1 Å². The molecule has 0 saturated carbocycles. The SMILES string of the molecule is CCOC(=O)C1=C(N)OC2=C(C(=O)C[C@H](C)C2)[C@H]1c1cccnc1. The maximum Gasteiger partial charge on any atom is 0.340 e. The normalized spacial score (nSPS) is 23.7. The number of ether oxygens (including phenoxy) is 2. The molecule has 0 fully saturated rings. The van der Waals surface area contributed by atoms with Crippen LogP contribution in [0.15, 0.2) is 47.3 Å². The van der Waals surface area contributed by atoms with Crippen molar-refractivity contribution < 1.29 is 19.1 Å². The van der Waals surface area contributed by atoms with Gasteiger partial charge in [-0.25, -0.2) is 4.79 Å². The molecule has 1 aromatic heterocycles. The number of esters is 1.